The van der Waals surface area contributed by atoms with Crippen LogP contribution in [0.15, 0.2) is 24.3 Å². The molecule has 2 N–H and O–H groups in total. The van der Waals surface area contributed by atoms with E-state index in [1.54, 1.807) is 7.11 Å². The van der Waals surface area contributed by atoms with Crippen LogP contribution in [0.3, 0.4) is 0 Å². The molecule has 0 saturated carbocycles. The molecule has 1 saturated heterocycles. The Morgan fingerprint density at radius 1 is 1.22 bits per heavy atom. The third-order valence-corrected chi connectivity index (χ3v) is 4.07. The van der Waals surface area contributed by atoms with Gasteiger partial charge in [0.25, 0.3) is 0 Å². The lowest BCUT2D eigenvalue weighted by Gasteiger charge is -2.39. The minimum atomic E-state index is -0.474. The van der Waals surface area contributed by atoms with Gasteiger partial charge in [-0.15, -0.1) is 24.8 Å². The highest BCUT2D eigenvalue weighted by Gasteiger charge is 2.32. The molecule has 1 heterocycles. The number of piperazine rings is 1. The summed E-state index contributed by atoms with van der Waals surface area (Å²) in [5, 5.41) is 0. The van der Waals surface area contributed by atoms with E-state index in [-0.39, 0.29) is 30.7 Å². The van der Waals surface area contributed by atoms with Crippen molar-refractivity contribution in [1.82, 2.24) is 4.90 Å². The third kappa shape index (κ3) is 5.16. The Hall–Kier alpha value is -1.17. The van der Waals surface area contributed by atoms with Crippen molar-refractivity contribution in [3.63, 3.8) is 0 Å². The lowest BCUT2D eigenvalue weighted by Crippen LogP contribution is -2.53. The van der Waals surface area contributed by atoms with Gasteiger partial charge in [0.05, 0.1) is 12.5 Å². The average molecular weight is 364 g/mol. The number of hydrogen-bond donors (Lipinski definition) is 1. The summed E-state index contributed by atoms with van der Waals surface area (Å²) in [7, 11) is 1.67. The number of halogens is 2. The smallest absolute Gasteiger partial charge is 0.229 e. The van der Waals surface area contributed by atoms with Crippen molar-refractivity contribution in [2.24, 2.45) is 11.1 Å². The number of anilines is 1. The van der Waals surface area contributed by atoms with Gasteiger partial charge in [0.15, 0.2) is 0 Å². The fourth-order valence-electron chi connectivity index (χ4n) is 2.49. The first kappa shape index (κ1) is 21.8. The zero-order valence-corrected chi connectivity index (χ0v) is 15.6. The van der Waals surface area contributed by atoms with Crippen molar-refractivity contribution in [3.8, 4) is 5.75 Å². The van der Waals surface area contributed by atoms with Crippen LogP contribution in [0.4, 0.5) is 5.69 Å². The predicted molar refractivity (Wildman–Crippen MR) is 99.1 cm³/mol. The van der Waals surface area contributed by atoms with Crippen LogP contribution in [0.1, 0.15) is 13.8 Å². The Morgan fingerprint density at radius 3 is 2.35 bits per heavy atom. The highest BCUT2D eigenvalue weighted by molar-refractivity contribution is 5.85. The first-order valence-electron chi connectivity index (χ1n) is 7.36. The normalized spacial score (nSPS) is 14.6. The van der Waals surface area contributed by atoms with Crippen LogP contribution in [0.25, 0.3) is 0 Å². The minimum Gasteiger partial charge on any atom is -0.497 e. The van der Waals surface area contributed by atoms with E-state index in [0.29, 0.717) is 6.54 Å². The van der Waals surface area contributed by atoms with E-state index in [4.69, 9.17) is 10.5 Å². The Labute approximate surface area is 151 Å². The first-order chi connectivity index (χ1) is 9.97. The fraction of sp³-hybridized carbons (Fsp3) is 0.562. The molecule has 0 spiro atoms. The average Bonchev–Trinajstić information content (AvgIpc) is 2.54. The van der Waals surface area contributed by atoms with Crippen molar-refractivity contribution >= 4 is 36.4 Å². The van der Waals surface area contributed by atoms with Crippen molar-refractivity contribution in [2.45, 2.75) is 13.8 Å². The highest BCUT2D eigenvalue weighted by Crippen LogP contribution is 2.23. The van der Waals surface area contributed by atoms with E-state index in [1.165, 1.54) is 0 Å². The molecular formula is C16H27Cl2N3O2. The molecular weight excluding hydrogens is 337 g/mol. The van der Waals surface area contributed by atoms with Gasteiger partial charge in [-0.05, 0) is 26.0 Å². The Balaban J connectivity index is 0.00000242. The van der Waals surface area contributed by atoms with Crippen molar-refractivity contribution in [1.29, 1.82) is 0 Å². The van der Waals surface area contributed by atoms with Crippen LogP contribution >= 0.6 is 24.8 Å². The molecule has 1 fully saturated rings. The number of methoxy groups -OCH3 is 1. The monoisotopic (exact) mass is 363 g/mol. The Kier molecular flexibility index (Phi) is 8.74. The fourth-order valence-corrected chi connectivity index (χ4v) is 2.49. The number of carbonyl (C=O) groups is 1. The van der Waals surface area contributed by atoms with Crippen LogP contribution in [-0.2, 0) is 4.79 Å². The van der Waals surface area contributed by atoms with E-state index >= 15 is 0 Å². The van der Waals surface area contributed by atoms with Crippen LogP contribution in [-0.4, -0.2) is 50.6 Å². The highest BCUT2D eigenvalue weighted by atomic mass is 35.5. The molecule has 0 aliphatic carbocycles. The quantitative estimate of drug-likeness (QED) is 0.890. The Morgan fingerprint density at radius 2 is 1.83 bits per heavy atom. The molecule has 1 aliphatic rings. The zero-order valence-electron chi connectivity index (χ0n) is 13.9. The molecule has 1 aromatic carbocycles. The van der Waals surface area contributed by atoms with Crippen LogP contribution in [0.5, 0.6) is 5.75 Å². The summed E-state index contributed by atoms with van der Waals surface area (Å²) in [5.74, 6) is 1.01. The van der Waals surface area contributed by atoms with E-state index in [2.05, 4.69) is 11.0 Å². The standard InChI is InChI=1S/C16H25N3O2.2ClH/c1-16(2,12-17)15(20)19-9-7-18(8-10-19)13-5-4-6-14(11-13)21-3;;/h4-6,11H,7-10,12,17H2,1-3H3;2*1H. The molecule has 2 rings (SSSR count). The maximum Gasteiger partial charge on any atom is 0.229 e. The van der Waals surface area contributed by atoms with Gasteiger partial charge in [-0.2, -0.15) is 0 Å². The number of benzene rings is 1. The third-order valence-electron chi connectivity index (χ3n) is 4.07. The van der Waals surface area contributed by atoms with E-state index in [1.807, 2.05) is 36.9 Å². The number of ether oxygens (including phenoxy) is 1. The number of amides is 1. The summed E-state index contributed by atoms with van der Waals surface area (Å²) in [6.07, 6.45) is 0. The second-order valence-corrected chi connectivity index (χ2v) is 6.07. The molecule has 0 radical (unpaired) electrons. The zero-order chi connectivity index (χ0) is 15.5. The largest absolute Gasteiger partial charge is 0.497 e. The van der Waals surface area contributed by atoms with Crippen molar-refractivity contribution in [3.05, 3.63) is 24.3 Å². The van der Waals surface area contributed by atoms with Gasteiger partial charge in [-0.25, -0.2) is 0 Å². The molecule has 0 aromatic heterocycles. The maximum absolute atomic E-state index is 12.4. The number of hydrogen-bond acceptors (Lipinski definition) is 4. The second-order valence-electron chi connectivity index (χ2n) is 6.07. The van der Waals surface area contributed by atoms with E-state index in [0.717, 1.165) is 37.6 Å². The minimum absolute atomic E-state index is 0. The molecule has 1 aromatic rings. The molecule has 132 valence electrons. The second kappa shape index (κ2) is 9.21. The van der Waals surface area contributed by atoms with Crippen LogP contribution in [0, 0.1) is 5.41 Å². The van der Waals surface area contributed by atoms with Crippen LogP contribution in [0.2, 0.25) is 0 Å². The topological polar surface area (TPSA) is 58.8 Å². The summed E-state index contributed by atoms with van der Waals surface area (Å²) in [6, 6.07) is 8.03. The predicted octanol–water partition coefficient (Wildman–Crippen LogP) is 2.17. The number of nitrogens with two attached hydrogens (primary N) is 1. The number of carbonyl (C=O) groups excluding carboxylic acids is 1. The van der Waals surface area contributed by atoms with Gasteiger partial charge >= 0.3 is 0 Å². The lowest BCUT2D eigenvalue weighted by atomic mass is 9.91. The van der Waals surface area contributed by atoms with Gasteiger partial charge in [0.2, 0.25) is 5.91 Å². The first-order valence-corrected chi connectivity index (χ1v) is 7.36. The molecule has 0 bridgehead atoms. The molecule has 1 amide bonds. The van der Waals surface area contributed by atoms with Gasteiger partial charge in [-0.1, -0.05) is 6.07 Å². The van der Waals surface area contributed by atoms with Gasteiger partial charge < -0.3 is 20.3 Å². The van der Waals surface area contributed by atoms with Gasteiger partial charge in [0, 0.05) is 44.5 Å². The molecule has 0 unspecified atom stereocenters. The SMILES string of the molecule is COc1cccc(N2CCN(C(=O)C(C)(C)CN)CC2)c1.Cl.Cl. The van der Waals surface area contributed by atoms with Crippen LogP contribution < -0.4 is 15.4 Å². The summed E-state index contributed by atoms with van der Waals surface area (Å²) in [6.45, 7) is 7.33. The summed E-state index contributed by atoms with van der Waals surface area (Å²) >= 11 is 0. The van der Waals surface area contributed by atoms with Crippen molar-refractivity contribution < 1.29 is 9.53 Å². The summed E-state index contributed by atoms with van der Waals surface area (Å²) in [5.41, 5.74) is 6.36. The molecule has 7 heteroatoms. The van der Waals surface area contributed by atoms with Gasteiger partial charge in [-0.3, -0.25) is 4.79 Å². The van der Waals surface area contributed by atoms with E-state index in [9.17, 15) is 4.79 Å². The van der Waals surface area contributed by atoms with Crippen molar-refractivity contribution in [2.75, 3.05) is 44.7 Å². The Bertz CT molecular complexity index is 504. The molecule has 1 aliphatic heterocycles. The van der Waals surface area contributed by atoms with Gasteiger partial charge in [0.1, 0.15) is 5.75 Å². The molecule has 0 atom stereocenters. The van der Waals surface area contributed by atoms with E-state index < -0.39 is 5.41 Å². The summed E-state index contributed by atoms with van der Waals surface area (Å²) < 4.78 is 5.26. The number of nitrogens with zero attached hydrogens (tertiary/aromatic N) is 2. The lowest BCUT2D eigenvalue weighted by molar-refractivity contribution is -0.140. The molecule has 23 heavy (non-hydrogen) atoms. The maximum atomic E-state index is 12.4. The summed E-state index contributed by atoms with van der Waals surface area (Å²) in [4.78, 5) is 16.6. The number of rotatable bonds is 4. The molecule has 5 nitrogen and oxygen atoms in total.